The van der Waals surface area contributed by atoms with Gasteiger partial charge in [-0.25, -0.2) is 9.79 Å². The van der Waals surface area contributed by atoms with E-state index < -0.39 is 12.0 Å². The Morgan fingerprint density at radius 2 is 1.77 bits per heavy atom. The second-order valence-electron chi connectivity index (χ2n) is 9.90. The van der Waals surface area contributed by atoms with Crippen LogP contribution in [0.3, 0.4) is 0 Å². The summed E-state index contributed by atoms with van der Waals surface area (Å²) in [5.74, 6) is 0.508. The number of nitrogens with zero attached hydrogens (tertiary/aromatic N) is 3. The number of allylic oxidation sites excluding steroid dienone is 1. The van der Waals surface area contributed by atoms with Crippen molar-refractivity contribution in [2.24, 2.45) is 4.99 Å². The molecule has 43 heavy (non-hydrogen) atoms. The maximum atomic E-state index is 14.2. The first-order chi connectivity index (χ1) is 20.6. The van der Waals surface area contributed by atoms with E-state index in [0.29, 0.717) is 48.7 Å². The van der Waals surface area contributed by atoms with E-state index in [9.17, 15) is 9.59 Å². The Balaban J connectivity index is 1.72. The predicted octanol–water partition coefficient (Wildman–Crippen LogP) is 6.14. The second-order valence-corrected chi connectivity index (χ2v) is 12.7. The minimum absolute atomic E-state index is 0.189. The van der Waals surface area contributed by atoms with Gasteiger partial charge in [-0.15, -0.1) is 0 Å². The van der Waals surface area contributed by atoms with Crippen LogP contribution in [0.2, 0.25) is 0 Å². The number of thiazole rings is 1. The molecule has 0 aliphatic carbocycles. The van der Waals surface area contributed by atoms with Crippen molar-refractivity contribution in [3.05, 3.63) is 105 Å². The molecule has 5 rings (SSSR count). The number of carbonyl (C=O) groups is 1. The number of hydrogen-bond acceptors (Lipinski definition) is 7. The molecule has 8 nitrogen and oxygen atoms in total. The smallest absolute Gasteiger partial charge is 0.338 e. The van der Waals surface area contributed by atoms with Crippen LogP contribution in [-0.4, -0.2) is 35.4 Å². The zero-order valence-corrected chi connectivity index (χ0v) is 28.6. The van der Waals surface area contributed by atoms with Gasteiger partial charge in [0.15, 0.2) is 16.3 Å². The van der Waals surface area contributed by atoms with E-state index in [4.69, 9.17) is 19.2 Å². The lowest BCUT2D eigenvalue weighted by Gasteiger charge is -2.26. The molecule has 2 aromatic heterocycles. The molecular formula is C32H31Br2N3O5S. The number of esters is 1. The lowest BCUT2D eigenvalue weighted by atomic mass is 9.95. The van der Waals surface area contributed by atoms with Crippen LogP contribution in [0.15, 0.2) is 72.5 Å². The zero-order valence-electron chi connectivity index (χ0n) is 24.7. The highest BCUT2D eigenvalue weighted by Crippen LogP contribution is 2.41. The van der Waals surface area contributed by atoms with Crippen molar-refractivity contribution in [3.8, 4) is 17.2 Å². The Bertz CT molecular complexity index is 1940. The van der Waals surface area contributed by atoms with Crippen molar-refractivity contribution in [2.45, 2.75) is 40.7 Å². The fourth-order valence-electron chi connectivity index (χ4n) is 5.34. The average molecular weight is 729 g/mol. The molecule has 1 aliphatic rings. The maximum absolute atomic E-state index is 14.2. The Morgan fingerprint density at radius 1 is 1.05 bits per heavy atom. The van der Waals surface area contributed by atoms with Crippen LogP contribution in [-0.2, 0) is 9.53 Å². The summed E-state index contributed by atoms with van der Waals surface area (Å²) in [5, 5.41) is 0. The van der Waals surface area contributed by atoms with Crippen molar-refractivity contribution >= 4 is 55.2 Å². The van der Waals surface area contributed by atoms with E-state index in [2.05, 4.69) is 42.5 Å². The molecule has 1 atom stereocenters. The number of fused-ring (bicyclic) bond motifs is 1. The fraction of sp³-hybridized carbons (Fsp3) is 0.281. The molecular weight excluding hydrogens is 698 g/mol. The highest BCUT2D eigenvalue weighted by Gasteiger charge is 2.35. The standard InChI is InChI=1S/C32H31Br2N3O5S/c1-7-41-26-16-24(34)23(15-25(26)40-6)29-28(31(39)42-8-2)18(4)35-32-37(29)30(38)27(43-32)14-20-13-17(3)36(19(20)5)22-11-9-21(33)10-12-22/h9-16,29H,7-8H2,1-6H3/b27-14+/t29-/m1/s1. The Morgan fingerprint density at radius 3 is 2.42 bits per heavy atom. The number of hydrogen-bond donors (Lipinski definition) is 0. The van der Waals surface area contributed by atoms with Gasteiger partial charge in [-0.3, -0.25) is 9.36 Å². The van der Waals surface area contributed by atoms with Crippen LogP contribution < -0.4 is 24.4 Å². The Labute approximate surface area is 270 Å². The molecule has 1 aliphatic heterocycles. The third kappa shape index (κ3) is 5.77. The molecule has 4 aromatic rings. The highest BCUT2D eigenvalue weighted by atomic mass is 79.9. The fourth-order valence-corrected chi connectivity index (χ4v) is 7.18. The lowest BCUT2D eigenvalue weighted by Crippen LogP contribution is -2.40. The van der Waals surface area contributed by atoms with Crippen LogP contribution in [0.5, 0.6) is 11.5 Å². The van der Waals surface area contributed by atoms with Gasteiger partial charge in [0, 0.05) is 26.0 Å². The van der Waals surface area contributed by atoms with E-state index in [-0.39, 0.29) is 12.2 Å². The monoisotopic (exact) mass is 727 g/mol. The van der Waals surface area contributed by atoms with Crippen LogP contribution in [0.1, 0.15) is 49.3 Å². The number of methoxy groups -OCH3 is 1. The molecule has 2 aromatic carbocycles. The maximum Gasteiger partial charge on any atom is 0.338 e. The summed E-state index contributed by atoms with van der Waals surface area (Å²) in [4.78, 5) is 32.8. The average Bonchev–Trinajstić information content (AvgIpc) is 3.42. The minimum atomic E-state index is -0.799. The van der Waals surface area contributed by atoms with Crippen molar-refractivity contribution in [1.29, 1.82) is 0 Å². The summed E-state index contributed by atoms with van der Waals surface area (Å²) in [5.41, 5.74) is 5.18. The van der Waals surface area contributed by atoms with Crippen molar-refractivity contribution in [1.82, 2.24) is 9.13 Å². The van der Waals surface area contributed by atoms with Gasteiger partial charge in [-0.2, -0.15) is 0 Å². The number of rotatable bonds is 8. The number of aryl methyl sites for hydroxylation is 1. The lowest BCUT2D eigenvalue weighted by molar-refractivity contribution is -0.139. The van der Waals surface area contributed by atoms with Crippen LogP contribution in [0.4, 0.5) is 0 Å². The molecule has 0 N–H and O–H groups in total. The third-order valence-electron chi connectivity index (χ3n) is 7.24. The number of halogens is 2. The molecule has 0 saturated heterocycles. The molecule has 0 bridgehead atoms. The number of carbonyl (C=O) groups excluding carboxylic acids is 1. The van der Waals surface area contributed by atoms with Gasteiger partial charge in [0.2, 0.25) is 0 Å². The highest BCUT2D eigenvalue weighted by molar-refractivity contribution is 9.10. The van der Waals surface area contributed by atoms with E-state index >= 15 is 0 Å². The summed E-state index contributed by atoms with van der Waals surface area (Å²) in [6, 6.07) is 13.0. The summed E-state index contributed by atoms with van der Waals surface area (Å²) in [6.45, 7) is 10.1. The Hall–Kier alpha value is -3.41. The number of ether oxygens (including phenoxy) is 3. The largest absolute Gasteiger partial charge is 0.493 e. The van der Waals surface area contributed by atoms with E-state index in [1.807, 2.05) is 51.1 Å². The van der Waals surface area contributed by atoms with Crippen LogP contribution in [0, 0.1) is 13.8 Å². The molecule has 0 saturated carbocycles. The summed E-state index contributed by atoms with van der Waals surface area (Å²) in [6.07, 6.45) is 1.90. The first-order valence-electron chi connectivity index (χ1n) is 13.7. The molecule has 0 fully saturated rings. The van der Waals surface area contributed by atoms with Gasteiger partial charge in [-0.1, -0.05) is 43.2 Å². The topological polar surface area (TPSA) is 84.1 Å². The van der Waals surface area contributed by atoms with Gasteiger partial charge in [-0.05, 0) is 94.3 Å². The van der Waals surface area contributed by atoms with Gasteiger partial charge in [0.1, 0.15) is 0 Å². The molecule has 0 radical (unpaired) electrons. The number of aromatic nitrogens is 2. The van der Waals surface area contributed by atoms with Gasteiger partial charge < -0.3 is 18.8 Å². The Kier molecular flexibility index (Phi) is 9.15. The van der Waals surface area contributed by atoms with Gasteiger partial charge in [0.05, 0.1) is 42.2 Å². The third-order valence-corrected chi connectivity index (χ3v) is 9.43. The van der Waals surface area contributed by atoms with E-state index in [1.165, 1.54) is 11.3 Å². The van der Waals surface area contributed by atoms with E-state index in [0.717, 1.165) is 27.1 Å². The van der Waals surface area contributed by atoms with Gasteiger partial charge in [0.25, 0.3) is 5.56 Å². The van der Waals surface area contributed by atoms with Crippen molar-refractivity contribution in [3.63, 3.8) is 0 Å². The molecule has 3 heterocycles. The molecule has 0 amide bonds. The summed E-state index contributed by atoms with van der Waals surface area (Å²) in [7, 11) is 1.55. The summed E-state index contributed by atoms with van der Waals surface area (Å²) < 4.78 is 22.7. The molecule has 0 spiro atoms. The van der Waals surface area contributed by atoms with Crippen LogP contribution >= 0.6 is 43.2 Å². The SMILES string of the molecule is CCOC(=O)C1=C(C)N=c2s/c(=C/c3cc(C)n(-c4ccc(Br)cc4)c3C)c(=O)n2[C@@H]1c1cc(OC)c(OCC)cc1Br. The van der Waals surface area contributed by atoms with Gasteiger partial charge >= 0.3 is 5.97 Å². The first-order valence-corrected chi connectivity index (χ1v) is 16.1. The van der Waals surface area contributed by atoms with Crippen molar-refractivity contribution in [2.75, 3.05) is 20.3 Å². The zero-order chi connectivity index (χ0) is 31.0. The molecule has 0 unspecified atom stereocenters. The normalized spacial score (nSPS) is 14.9. The van der Waals surface area contributed by atoms with Crippen LogP contribution in [0.25, 0.3) is 11.8 Å². The quantitative estimate of drug-likeness (QED) is 0.204. The van der Waals surface area contributed by atoms with Crippen molar-refractivity contribution < 1.29 is 19.0 Å². The molecule has 224 valence electrons. The predicted molar refractivity (Wildman–Crippen MR) is 175 cm³/mol. The second kappa shape index (κ2) is 12.7. The minimum Gasteiger partial charge on any atom is -0.493 e. The van der Waals surface area contributed by atoms with E-state index in [1.54, 1.807) is 37.7 Å². The summed E-state index contributed by atoms with van der Waals surface area (Å²) >= 11 is 8.46. The molecule has 11 heteroatoms. The number of benzene rings is 2. The first kappa shape index (κ1) is 31.0.